The summed E-state index contributed by atoms with van der Waals surface area (Å²) in [5.41, 5.74) is 17.0. The fraction of sp³-hybridized carbons (Fsp3) is 0.526. The molecule has 2 heterocycles. The number of fused-ring (bicyclic) bond motifs is 1. The monoisotopic (exact) mass is 343 g/mol. The summed E-state index contributed by atoms with van der Waals surface area (Å²) in [6, 6.07) is 4.55. The van der Waals surface area contributed by atoms with Crippen molar-refractivity contribution >= 4 is 22.7 Å². The Kier molecular flexibility index (Phi) is 5.18. The molecular weight excluding hydrogens is 314 g/mol. The summed E-state index contributed by atoms with van der Waals surface area (Å²) in [7, 11) is 5.68. The number of nitrogen functional groups attached to an aromatic ring is 1. The second-order valence-electron chi connectivity index (χ2n) is 6.84. The largest absolute Gasteiger partial charge is 0.495 e. The van der Waals surface area contributed by atoms with Crippen molar-refractivity contribution in [3.63, 3.8) is 0 Å². The second kappa shape index (κ2) is 7.35. The molecule has 2 aliphatic heterocycles. The van der Waals surface area contributed by atoms with Gasteiger partial charge < -0.3 is 26.0 Å². The molecule has 4 N–H and O–H groups in total. The molecule has 0 bridgehead atoms. The Hall–Kier alpha value is -2.21. The van der Waals surface area contributed by atoms with Gasteiger partial charge in [0.2, 0.25) is 0 Å². The zero-order chi connectivity index (χ0) is 18.0. The summed E-state index contributed by atoms with van der Waals surface area (Å²) < 4.78 is 5.49. The number of likely N-dealkylation sites (tertiary alicyclic amines) is 1. The Bertz CT molecular complexity index is 689. The van der Waals surface area contributed by atoms with E-state index in [1.54, 1.807) is 13.3 Å². The van der Waals surface area contributed by atoms with Crippen LogP contribution in [-0.2, 0) is 0 Å². The molecule has 1 saturated heterocycles. The first-order chi connectivity index (χ1) is 12.1. The van der Waals surface area contributed by atoms with E-state index < -0.39 is 0 Å². The minimum absolute atomic E-state index is 0.513. The number of benzene rings is 1. The quantitative estimate of drug-likeness (QED) is 0.802. The number of anilines is 2. The van der Waals surface area contributed by atoms with Crippen molar-refractivity contribution in [1.82, 2.24) is 4.90 Å². The van der Waals surface area contributed by atoms with Gasteiger partial charge in [0.15, 0.2) is 0 Å². The molecule has 0 aliphatic carbocycles. The van der Waals surface area contributed by atoms with E-state index in [-0.39, 0.29) is 0 Å². The van der Waals surface area contributed by atoms with Gasteiger partial charge in [0.1, 0.15) is 5.75 Å². The van der Waals surface area contributed by atoms with Gasteiger partial charge in [-0.1, -0.05) is 0 Å². The van der Waals surface area contributed by atoms with Gasteiger partial charge in [0.05, 0.1) is 12.8 Å². The molecule has 25 heavy (non-hydrogen) atoms. The van der Waals surface area contributed by atoms with Crippen LogP contribution < -0.4 is 21.1 Å². The number of allylic oxidation sites excluding steroid dienone is 1. The maximum Gasteiger partial charge on any atom is 0.143 e. The van der Waals surface area contributed by atoms with Crippen LogP contribution in [0.4, 0.5) is 11.4 Å². The highest BCUT2D eigenvalue weighted by Gasteiger charge is 2.30. The van der Waals surface area contributed by atoms with E-state index in [1.807, 2.05) is 13.1 Å². The zero-order valence-corrected chi connectivity index (χ0v) is 15.5. The topological polar surface area (TPSA) is 80.1 Å². The molecule has 136 valence electrons. The van der Waals surface area contributed by atoms with E-state index in [0.717, 1.165) is 61.4 Å². The van der Waals surface area contributed by atoms with Gasteiger partial charge in [-0.05, 0) is 39.0 Å². The van der Waals surface area contributed by atoms with Gasteiger partial charge in [-0.2, -0.15) is 0 Å². The van der Waals surface area contributed by atoms with Crippen molar-refractivity contribution in [3.8, 4) is 5.75 Å². The van der Waals surface area contributed by atoms with Crippen molar-refractivity contribution in [2.75, 3.05) is 51.5 Å². The molecule has 1 aromatic rings. The van der Waals surface area contributed by atoms with Crippen LogP contribution in [0.5, 0.6) is 5.75 Å². The van der Waals surface area contributed by atoms with Crippen LogP contribution in [-0.4, -0.2) is 57.5 Å². The number of methoxy groups -OCH3 is 1. The van der Waals surface area contributed by atoms with E-state index in [9.17, 15) is 0 Å². The van der Waals surface area contributed by atoms with Crippen molar-refractivity contribution in [3.05, 3.63) is 23.9 Å². The number of nitrogens with two attached hydrogens (primary N) is 2. The van der Waals surface area contributed by atoms with Crippen molar-refractivity contribution in [1.29, 1.82) is 0 Å². The molecule has 0 saturated carbocycles. The summed E-state index contributed by atoms with van der Waals surface area (Å²) in [6.45, 7) is 3.17. The number of nitrogens with zero attached hydrogens (tertiary/aromatic N) is 3. The minimum Gasteiger partial charge on any atom is -0.495 e. The van der Waals surface area contributed by atoms with Crippen molar-refractivity contribution in [2.24, 2.45) is 10.7 Å². The number of ether oxygens (including phenoxy) is 1. The highest BCUT2D eigenvalue weighted by Crippen LogP contribution is 2.40. The van der Waals surface area contributed by atoms with Gasteiger partial charge >= 0.3 is 0 Å². The number of hydrogen-bond donors (Lipinski definition) is 2. The van der Waals surface area contributed by atoms with E-state index >= 15 is 0 Å². The van der Waals surface area contributed by atoms with Crippen LogP contribution in [0, 0.1) is 0 Å². The van der Waals surface area contributed by atoms with Crippen LogP contribution >= 0.6 is 0 Å². The summed E-state index contributed by atoms with van der Waals surface area (Å²) in [6.07, 6.45) is 4.85. The molecular formula is C19H29N5O. The SMILES string of the molecule is CN=C1CCN(C2CCN(C)CC2)c2cc(OC)c(N)cc2C1=CN. The fourth-order valence-electron chi connectivity index (χ4n) is 3.96. The average Bonchev–Trinajstić information content (AvgIpc) is 2.77. The van der Waals surface area contributed by atoms with Gasteiger partial charge in [-0.15, -0.1) is 0 Å². The predicted octanol–water partition coefficient (Wildman–Crippen LogP) is 1.95. The maximum atomic E-state index is 6.19. The maximum absolute atomic E-state index is 6.19. The van der Waals surface area contributed by atoms with E-state index in [1.165, 1.54) is 0 Å². The van der Waals surface area contributed by atoms with Crippen LogP contribution in [0.15, 0.2) is 23.3 Å². The second-order valence-corrected chi connectivity index (χ2v) is 6.84. The Morgan fingerprint density at radius 3 is 2.56 bits per heavy atom. The number of piperidine rings is 1. The molecule has 6 heteroatoms. The summed E-state index contributed by atoms with van der Waals surface area (Å²) in [5, 5.41) is 0. The molecule has 0 spiro atoms. The predicted molar refractivity (Wildman–Crippen MR) is 105 cm³/mol. The summed E-state index contributed by atoms with van der Waals surface area (Å²) >= 11 is 0. The van der Waals surface area contributed by atoms with Gasteiger partial charge in [0.25, 0.3) is 0 Å². The average molecular weight is 343 g/mol. The Labute approximate surface area is 150 Å². The Morgan fingerprint density at radius 1 is 1.24 bits per heavy atom. The van der Waals surface area contributed by atoms with Crippen LogP contribution in [0.1, 0.15) is 24.8 Å². The summed E-state index contributed by atoms with van der Waals surface area (Å²) in [4.78, 5) is 9.38. The lowest BCUT2D eigenvalue weighted by molar-refractivity contribution is 0.250. The number of rotatable bonds is 2. The fourth-order valence-corrected chi connectivity index (χ4v) is 3.96. The van der Waals surface area contributed by atoms with E-state index in [4.69, 9.17) is 16.2 Å². The molecule has 2 aliphatic rings. The molecule has 3 rings (SSSR count). The first-order valence-electron chi connectivity index (χ1n) is 8.90. The number of hydrogen-bond acceptors (Lipinski definition) is 6. The lowest BCUT2D eigenvalue weighted by atomic mass is 9.97. The van der Waals surface area contributed by atoms with Gasteiger partial charge in [0, 0.05) is 60.9 Å². The van der Waals surface area contributed by atoms with Crippen LogP contribution in [0.25, 0.3) is 5.57 Å². The molecule has 0 aromatic heterocycles. The molecule has 1 fully saturated rings. The highest BCUT2D eigenvalue weighted by atomic mass is 16.5. The van der Waals surface area contributed by atoms with E-state index in [2.05, 4.69) is 27.9 Å². The lowest BCUT2D eigenvalue weighted by Crippen LogP contribution is -2.44. The Morgan fingerprint density at radius 2 is 1.96 bits per heavy atom. The normalized spacial score (nSPS) is 22.9. The molecule has 0 atom stereocenters. The van der Waals surface area contributed by atoms with Crippen LogP contribution in [0.2, 0.25) is 0 Å². The highest BCUT2D eigenvalue weighted by molar-refractivity contribution is 6.26. The van der Waals surface area contributed by atoms with Crippen molar-refractivity contribution in [2.45, 2.75) is 25.3 Å². The van der Waals surface area contributed by atoms with Crippen molar-refractivity contribution < 1.29 is 4.74 Å². The third-order valence-electron chi connectivity index (χ3n) is 5.41. The van der Waals surface area contributed by atoms with E-state index in [0.29, 0.717) is 17.5 Å². The molecule has 0 radical (unpaired) electrons. The smallest absolute Gasteiger partial charge is 0.143 e. The first kappa shape index (κ1) is 17.6. The lowest BCUT2D eigenvalue weighted by Gasteiger charge is -2.39. The zero-order valence-electron chi connectivity index (χ0n) is 15.5. The molecule has 0 unspecified atom stereocenters. The van der Waals surface area contributed by atoms with Gasteiger partial charge in [-0.3, -0.25) is 4.99 Å². The molecule has 1 aromatic carbocycles. The first-order valence-corrected chi connectivity index (χ1v) is 8.90. The third-order valence-corrected chi connectivity index (χ3v) is 5.41. The molecule has 6 nitrogen and oxygen atoms in total. The minimum atomic E-state index is 0.513. The summed E-state index contributed by atoms with van der Waals surface area (Å²) in [5.74, 6) is 0.713. The number of aliphatic imine (C=N–C) groups is 1. The van der Waals surface area contributed by atoms with Gasteiger partial charge in [-0.25, -0.2) is 0 Å². The van der Waals surface area contributed by atoms with Crippen LogP contribution in [0.3, 0.4) is 0 Å². The third kappa shape index (κ3) is 3.31. The standard InChI is InChI=1S/C19H29N5O/c1-22-17-6-9-24(13-4-7-23(2)8-5-13)18-11-19(25-3)16(21)10-14(18)15(17)12-20/h10-13H,4-9,20-21H2,1-3H3. The Balaban J connectivity index is 2.10. The molecule has 0 amide bonds.